The predicted molar refractivity (Wildman–Crippen MR) is 107 cm³/mol. The molecule has 29 heavy (non-hydrogen) atoms. The van der Waals surface area contributed by atoms with Crippen molar-refractivity contribution in [1.29, 1.82) is 0 Å². The van der Waals surface area contributed by atoms with Crippen molar-refractivity contribution < 1.29 is 28.2 Å². The normalized spacial score (nSPS) is 15.1. The zero-order chi connectivity index (χ0) is 21.0. The fourth-order valence-electron chi connectivity index (χ4n) is 2.71. The third-order valence-corrected chi connectivity index (χ3v) is 4.89. The van der Waals surface area contributed by atoms with Gasteiger partial charge in [0.15, 0.2) is 11.5 Å². The largest absolute Gasteiger partial charge is 0.490 e. The molecule has 1 aliphatic rings. The van der Waals surface area contributed by atoms with E-state index < -0.39 is 22.9 Å². The van der Waals surface area contributed by atoms with E-state index in [1.807, 2.05) is 0 Å². The number of halogens is 1. The van der Waals surface area contributed by atoms with E-state index in [0.29, 0.717) is 17.9 Å². The topological polar surface area (TPSA) is 72.9 Å². The van der Waals surface area contributed by atoms with E-state index in [1.165, 1.54) is 19.1 Å². The second-order valence-corrected chi connectivity index (χ2v) is 7.09. The molecular weight excluding hydrogens is 397 g/mol. The Balaban J connectivity index is 1.84. The van der Waals surface area contributed by atoms with E-state index in [0.717, 1.165) is 16.7 Å². The van der Waals surface area contributed by atoms with Gasteiger partial charge in [-0.05, 0) is 48.5 Å². The Labute approximate surface area is 171 Å². The summed E-state index contributed by atoms with van der Waals surface area (Å²) >= 11 is 0.786. The summed E-state index contributed by atoms with van der Waals surface area (Å²) in [4.78, 5) is 37.4. The molecule has 2 aromatic carbocycles. The van der Waals surface area contributed by atoms with Crippen LogP contribution in [-0.4, -0.2) is 28.6 Å². The smallest absolute Gasteiger partial charge is 0.308 e. The summed E-state index contributed by atoms with van der Waals surface area (Å²) in [5.41, 5.74) is 0.862. The lowest BCUT2D eigenvalue weighted by Crippen LogP contribution is -2.27. The molecule has 150 valence electrons. The number of carbonyl (C=O) groups excluding carboxylic acids is 3. The van der Waals surface area contributed by atoms with Gasteiger partial charge in [-0.15, -0.1) is 0 Å². The minimum atomic E-state index is -0.495. The first kappa shape index (κ1) is 20.6. The quantitative estimate of drug-likeness (QED) is 0.396. The van der Waals surface area contributed by atoms with Crippen molar-refractivity contribution in [2.75, 3.05) is 6.61 Å². The molecule has 0 aromatic heterocycles. The van der Waals surface area contributed by atoms with Crippen molar-refractivity contribution in [3.05, 3.63) is 64.3 Å². The van der Waals surface area contributed by atoms with Gasteiger partial charge in [-0.1, -0.05) is 24.3 Å². The number of nitrogens with zero attached hydrogens (tertiary/aromatic N) is 1. The van der Waals surface area contributed by atoms with Gasteiger partial charge in [-0.25, -0.2) is 4.39 Å². The highest BCUT2D eigenvalue weighted by molar-refractivity contribution is 8.18. The standard InChI is InChI=1S/C21H18FNO5S/c1-3-27-18-10-14(8-9-17(18)28-13(2)24)11-19-20(25)23(21(26)29-19)12-15-6-4-5-7-16(15)22/h4-11H,3,12H2,1-2H3/b19-11-. The molecule has 1 fully saturated rings. The Hall–Kier alpha value is -3.13. The van der Waals surface area contributed by atoms with Crippen LogP contribution in [-0.2, 0) is 16.1 Å². The molecule has 0 bridgehead atoms. The van der Waals surface area contributed by atoms with Gasteiger partial charge in [0.05, 0.1) is 18.1 Å². The summed E-state index contributed by atoms with van der Waals surface area (Å²) in [7, 11) is 0. The van der Waals surface area contributed by atoms with Crippen molar-refractivity contribution in [3.8, 4) is 11.5 Å². The molecule has 0 N–H and O–H groups in total. The second kappa shape index (κ2) is 8.91. The van der Waals surface area contributed by atoms with E-state index in [4.69, 9.17) is 9.47 Å². The average molecular weight is 415 g/mol. The first-order valence-corrected chi connectivity index (χ1v) is 9.64. The Kier molecular flexibility index (Phi) is 6.33. The Bertz CT molecular complexity index is 1000. The number of benzene rings is 2. The van der Waals surface area contributed by atoms with E-state index in [-0.39, 0.29) is 22.8 Å². The average Bonchev–Trinajstić information content (AvgIpc) is 2.93. The molecule has 3 rings (SSSR count). The Morgan fingerprint density at radius 3 is 2.62 bits per heavy atom. The predicted octanol–water partition coefficient (Wildman–Crippen LogP) is 4.39. The van der Waals surface area contributed by atoms with Crippen molar-refractivity contribution in [2.24, 2.45) is 0 Å². The van der Waals surface area contributed by atoms with Crippen molar-refractivity contribution in [1.82, 2.24) is 4.90 Å². The second-order valence-electron chi connectivity index (χ2n) is 6.09. The third kappa shape index (κ3) is 4.83. The molecule has 2 amide bonds. The van der Waals surface area contributed by atoms with Crippen LogP contribution < -0.4 is 9.47 Å². The van der Waals surface area contributed by atoms with Crippen LogP contribution in [0.2, 0.25) is 0 Å². The van der Waals surface area contributed by atoms with Gasteiger partial charge >= 0.3 is 5.97 Å². The lowest BCUT2D eigenvalue weighted by atomic mass is 10.1. The van der Waals surface area contributed by atoms with Crippen LogP contribution in [0.3, 0.4) is 0 Å². The minimum Gasteiger partial charge on any atom is -0.490 e. The first-order chi connectivity index (χ1) is 13.9. The van der Waals surface area contributed by atoms with Gasteiger partial charge < -0.3 is 9.47 Å². The number of amides is 2. The van der Waals surface area contributed by atoms with Gasteiger partial charge in [-0.3, -0.25) is 19.3 Å². The highest BCUT2D eigenvalue weighted by atomic mass is 32.2. The van der Waals surface area contributed by atoms with Gasteiger partial charge in [0, 0.05) is 12.5 Å². The van der Waals surface area contributed by atoms with Crippen molar-refractivity contribution in [2.45, 2.75) is 20.4 Å². The van der Waals surface area contributed by atoms with Crippen LogP contribution in [0.4, 0.5) is 9.18 Å². The molecule has 0 spiro atoms. The lowest BCUT2D eigenvalue weighted by molar-refractivity contribution is -0.132. The zero-order valence-electron chi connectivity index (χ0n) is 15.8. The fraction of sp³-hybridized carbons (Fsp3) is 0.190. The van der Waals surface area contributed by atoms with E-state index >= 15 is 0 Å². The summed E-state index contributed by atoms with van der Waals surface area (Å²) in [6, 6.07) is 10.8. The maximum Gasteiger partial charge on any atom is 0.308 e. The summed E-state index contributed by atoms with van der Waals surface area (Å²) in [6.45, 7) is 3.30. The number of hydrogen-bond donors (Lipinski definition) is 0. The highest BCUT2D eigenvalue weighted by Crippen LogP contribution is 2.35. The van der Waals surface area contributed by atoms with Crippen LogP contribution in [0, 0.1) is 5.82 Å². The maximum absolute atomic E-state index is 13.9. The van der Waals surface area contributed by atoms with Crippen molar-refractivity contribution in [3.63, 3.8) is 0 Å². The van der Waals surface area contributed by atoms with Gasteiger partial charge in [0.1, 0.15) is 5.82 Å². The van der Waals surface area contributed by atoms with Gasteiger partial charge in [0.25, 0.3) is 11.1 Å². The monoisotopic (exact) mass is 415 g/mol. The van der Waals surface area contributed by atoms with E-state index in [9.17, 15) is 18.8 Å². The van der Waals surface area contributed by atoms with E-state index in [2.05, 4.69) is 0 Å². The minimum absolute atomic E-state index is 0.135. The molecule has 0 aliphatic carbocycles. The fourth-order valence-corrected chi connectivity index (χ4v) is 3.54. The SMILES string of the molecule is CCOc1cc(/C=C2\SC(=O)N(Cc3ccccc3F)C2=O)ccc1OC(C)=O. The molecule has 0 atom stereocenters. The number of hydrogen-bond acceptors (Lipinski definition) is 6. The molecule has 2 aromatic rings. The molecule has 8 heteroatoms. The number of carbonyl (C=O) groups is 3. The summed E-state index contributed by atoms with van der Waals surface area (Å²) in [6.07, 6.45) is 1.55. The van der Waals surface area contributed by atoms with Crippen molar-refractivity contribution >= 4 is 35.0 Å². The summed E-state index contributed by atoms with van der Waals surface area (Å²) < 4.78 is 24.5. The number of thioether (sulfide) groups is 1. The molecule has 0 radical (unpaired) electrons. The number of esters is 1. The first-order valence-electron chi connectivity index (χ1n) is 8.83. The highest BCUT2D eigenvalue weighted by Gasteiger charge is 2.35. The number of ether oxygens (including phenoxy) is 2. The zero-order valence-corrected chi connectivity index (χ0v) is 16.6. The van der Waals surface area contributed by atoms with Crippen LogP contribution in [0.5, 0.6) is 11.5 Å². The van der Waals surface area contributed by atoms with Crippen LogP contribution in [0.1, 0.15) is 25.0 Å². The molecule has 1 heterocycles. The third-order valence-electron chi connectivity index (χ3n) is 3.98. The summed E-state index contributed by atoms with van der Waals surface area (Å²) in [5, 5.41) is -0.467. The van der Waals surface area contributed by atoms with Crippen LogP contribution in [0.15, 0.2) is 47.4 Å². The number of imide groups is 1. The van der Waals surface area contributed by atoms with Gasteiger partial charge in [0.2, 0.25) is 0 Å². The molecular formula is C21H18FNO5S. The maximum atomic E-state index is 13.9. The van der Waals surface area contributed by atoms with Crippen LogP contribution in [0.25, 0.3) is 6.08 Å². The molecule has 0 unspecified atom stereocenters. The van der Waals surface area contributed by atoms with Gasteiger partial charge in [-0.2, -0.15) is 0 Å². The number of rotatable bonds is 6. The van der Waals surface area contributed by atoms with Crippen LogP contribution >= 0.6 is 11.8 Å². The Morgan fingerprint density at radius 2 is 1.93 bits per heavy atom. The molecule has 6 nitrogen and oxygen atoms in total. The molecule has 1 aliphatic heterocycles. The molecule has 1 saturated heterocycles. The van der Waals surface area contributed by atoms with E-state index in [1.54, 1.807) is 43.3 Å². The lowest BCUT2D eigenvalue weighted by Gasteiger charge is -2.13. The summed E-state index contributed by atoms with van der Waals surface area (Å²) in [5.74, 6) is -0.831. The Morgan fingerprint density at radius 1 is 1.17 bits per heavy atom. The molecule has 0 saturated carbocycles.